The van der Waals surface area contributed by atoms with Gasteiger partial charge in [-0.25, -0.2) is 4.39 Å². The molecule has 2 aromatic carbocycles. The molecule has 0 atom stereocenters. The maximum atomic E-state index is 13.7. The zero-order chi connectivity index (χ0) is 16.9. The van der Waals surface area contributed by atoms with E-state index in [0.29, 0.717) is 28.3 Å². The number of methoxy groups -OCH3 is 1. The molecule has 0 unspecified atom stereocenters. The smallest absolute Gasteiger partial charge is 0.255 e. The van der Waals surface area contributed by atoms with E-state index in [-0.39, 0.29) is 12.5 Å². The summed E-state index contributed by atoms with van der Waals surface area (Å²) in [5, 5.41) is 6.59. The lowest BCUT2D eigenvalue weighted by atomic mass is 10.1. The SMILES string of the molecule is COc1ccccc1C(=O)NCc1cc(-c2ccccc2F)on1. The number of hydrogen-bond acceptors (Lipinski definition) is 4. The number of hydrogen-bond donors (Lipinski definition) is 1. The van der Waals surface area contributed by atoms with Gasteiger partial charge in [0, 0.05) is 6.07 Å². The number of carbonyl (C=O) groups excluding carboxylic acids is 1. The molecule has 122 valence electrons. The molecule has 1 amide bonds. The largest absolute Gasteiger partial charge is 0.496 e. The van der Waals surface area contributed by atoms with Crippen LogP contribution in [0.4, 0.5) is 4.39 Å². The number of amides is 1. The lowest BCUT2D eigenvalue weighted by molar-refractivity contribution is 0.0947. The number of para-hydroxylation sites is 1. The Labute approximate surface area is 138 Å². The van der Waals surface area contributed by atoms with Gasteiger partial charge in [0.05, 0.1) is 24.8 Å². The molecule has 6 heteroatoms. The highest BCUT2D eigenvalue weighted by Crippen LogP contribution is 2.23. The van der Waals surface area contributed by atoms with Gasteiger partial charge in [-0.3, -0.25) is 4.79 Å². The van der Waals surface area contributed by atoms with Crippen molar-refractivity contribution in [2.75, 3.05) is 7.11 Å². The van der Waals surface area contributed by atoms with E-state index in [2.05, 4.69) is 10.5 Å². The van der Waals surface area contributed by atoms with Crippen LogP contribution in [0.3, 0.4) is 0 Å². The van der Waals surface area contributed by atoms with E-state index in [1.807, 2.05) is 0 Å². The van der Waals surface area contributed by atoms with Crippen LogP contribution in [0.5, 0.6) is 5.75 Å². The van der Waals surface area contributed by atoms with Gasteiger partial charge in [0.25, 0.3) is 5.91 Å². The van der Waals surface area contributed by atoms with Crippen molar-refractivity contribution in [3.8, 4) is 17.1 Å². The number of nitrogens with zero attached hydrogens (tertiary/aromatic N) is 1. The molecule has 0 aliphatic rings. The van der Waals surface area contributed by atoms with Crippen LogP contribution in [-0.2, 0) is 6.54 Å². The summed E-state index contributed by atoms with van der Waals surface area (Å²) >= 11 is 0. The van der Waals surface area contributed by atoms with E-state index in [4.69, 9.17) is 9.26 Å². The Morgan fingerprint density at radius 3 is 2.75 bits per heavy atom. The number of aromatic nitrogens is 1. The van der Waals surface area contributed by atoms with E-state index < -0.39 is 5.82 Å². The zero-order valence-corrected chi connectivity index (χ0v) is 13.0. The Kier molecular flexibility index (Phi) is 4.56. The predicted octanol–water partition coefficient (Wildman–Crippen LogP) is 3.42. The van der Waals surface area contributed by atoms with E-state index in [1.165, 1.54) is 13.2 Å². The first-order valence-electron chi connectivity index (χ1n) is 7.30. The lowest BCUT2D eigenvalue weighted by Gasteiger charge is -2.07. The van der Waals surface area contributed by atoms with Crippen molar-refractivity contribution in [1.29, 1.82) is 0 Å². The second kappa shape index (κ2) is 6.95. The van der Waals surface area contributed by atoms with Crippen molar-refractivity contribution in [1.82, 2.24) is 10.5 Å². The number of carbonyl (C=O) groups is 1. The van der Waals surface area contributed by atoms with Crippen LogP contribution in [0.1, 0.15) is 16.1 Å². The van der Waals surface area contributed by atoms with Gasteiger partial charge in [0.2, 0.25) is 0 Å². The van der Waals surface area contributed by atoms with Crippen molar-refractivity contribution >= 4 is 5.91 Å². The molecular formula is C18H15FN2O3. The molecule has 0 bridgehead atoms. The van der Waals surface area contributed by atoms with Crippen LogP contribution < -0.4 is 10.1 Å². The molecule has 0 saturated heterocycles. The maximum absolute atomic E-state index is 13.7. The third kappa shape index (κ3) is 3.27. The molecule has 5 nitrogen and oxygen atoms in total. The van der Waals surface area contributed by atoms with Crippen molar-refractivity contribution in [2.24, 2.45) is 0 Å². The summed E-state index contributed by atoms with van der Waals surface area (Å²) < 4.78 is 24.0. The van der Waals surface area contributed by atoms with Crippen LogP contribution in [0.25, 0.3) is 11.3 Å². The molecular weight excluding hydrogens is 311 g/mol. The Morgan fingerprint density at radius 2 is 1.96 bits per heavy atom. The monoisotopic (exact) mass is 326 g/mol. The average Bonchev–Trinajstić information content (AvgIpc) is 3.08. The van der Waals surface area contributed by atoms with E-state index >= 15 is 0 Å². The first-order chi connectivity index (χ1) is 11.7. The van der Waals surface area contributed by atoms with Gasteiger partial charge < -0.3 is 14.6 Å². The first-order valence-corrected chi connectivity index (χ1v) is 7.30. The summed E-state index contributed by atoms with van der Waals surface area (Å²) in [5.74, 6) is 0.123. The molecule has 24 heavy (non-hydrogen) atoms. The predicted molar refractivity (Wildman–Crippen MR) is 86.1 cm³/mol. The summed E-state index contributed by atoms with van der Waals surface area (Å²) in [5.41, 5.74) is 1.25. The Bertz CT molecular complexity index is 861. The van der Waals surface area contributed by atoms with E-state index in [9.17, 15) is 9.18 Å². The molecule has 1 N–H and O–H groups in total. The van der Waals surface area contributed by atoms with Gasteiger partial charge in [0.15, 0.2) is 5.76 Å². The second-order valence-corrected chi connectivity index (χ2v) is 5.05. The third-order valence-electron chi connectivity index (χ3n) is 3.48. The minimum absolute atomic E-state index is 0.162. The molecule has 3 aromatic rings. The molecule has 0 saturated carbocycles. The average molecular weight is 326 g/mol. The summed E-state index contributed by atoms with van der Waals surface area (Å²) in [6.45, 7) is 0.162. The van der Waals surface area contributed by atoms with Crippen LogP contribution >= 0.6 is 0 Å². The summed E-state index contributed by atoms with van der Waals surface area (Å²) in [6.07, 6.45) is 0. The number of nitrogens with one attached hydrogen (secondary N) is 1. The van der Waals surface area contributed by atoms with Gasteiger partial charge in [-0.05, 0) is 24.3 Å². The topological polar surface area (TPSA) is 64.4 Å². The normalized spacial score (nSPS) is 10.4. The number of benzene rings is 2. The molecule has 0 fully saturated rings. The summed E-state index contributed by atoms with van der Waals surface area (Å²) in [7, 11) is 1.50. The highest BCUT2D eigenvalue weighted by molar-refractivity contribution is 5.96. The fourth-order valence-corrected chi connectivity index (χ4v) is 2.28. The first kappa shape index (κ1) is 15.7. The van der Waals surface area contributed by atoms with Gasteiger partial charge in [-0.1, -0.05) is 29.4 Å². The van der Waals surface area contributed by atoms with Crippen LogP contribution in [0.15, 0.2) is 59.1 Å². The highest BCUT2D eigenvalue weighted by Gasteiger charge is 2.14. The van der Waals surface area contributed by atoms with Gasteiger partial charge in [-0.15, -0.1) is 0 Å². The maximum Gasteiger partial charge on any atom is 0.255 e. The number of halogens is 1. The molecule has 0 spiro atoms. The molecule has 1 heterocycles. The lowest BCUT2D eigenvalue weighted by Crippen LogP contribution is -2.23. The number of rotatable bonds is 5. The standard InChI is InChI=1S/C18H15FN2O3/c1-23-16-9-5-3-7-14(16)18(22)20-11-12-10-17(24-21-12)13-6-2-4-8-15(13)19/h2-10H,11H2,1H3,(H,20,22). The minimum Gasteiger partial charge on any atom is -0.496 e. The minimum atomic E-state index is -0.391. The molecule has 3 rings (SSSR count). The van der Waals surface area contributed by atoms with Crippen LogP contribution in [-0.4, -0.2) is 18.2 Å². The van der Waals surface area contributed by atoms with Crippen molar-refractivity contribution in [2.45, 2.75) is 6.54 Å². The van der Waals surface area contributed by atoms with Crippen molar-refractivity contribution < 1.29 is 18.4 Å². The highest BCUT2D eigenvalue weighted by atomic mass is 19.1. The van der Waals surface area contributed by atoms with Gasteiger partial charge >= 0.3 is 0 Å². The molecule has 0 aliphatic carbocycles. The summed E-state index contributed by atoms with van der Waals surface area (Å²) in [4.78, 5) is 12.2. The molecule has 1 aromatic heterocycles. The Balaban J connectivity index is 1.70. The van der Waals surface area contributed by atoms with E-state index in [0.717, 1.165) is 0 Å². The fraction of sp³-hybridized carbons (Fsp3) is 0.111. The molecule has 0 aliphatic heterocycles. The Morgan fingerprint density at radius 1 is 1.21 bits per heavy atom. The summed E-state index contributed by atoms with van der Waals surface area (Å²) in [6, 6.07) is 14.8. The third-order valence-corrected chi connectivity index (χ3v) is 3.48. The van der Waals surface area contributed by atoms with Crippen molar-refractivity contribution in [3.63, 3.8) is 0 Å². The van der Waals surface area contributed by atoms with Gasteiger partial charge in [0.1, 0.15) is 17.3 Å². The van der Waals surface area contributed by atoms with Crippen molar-refractivity contribution in [3.05, 3.63) is 71.7 Å². The fourth-order valence-electron chi connectivity index (χ4n) is 2.28. The zero-order valence-electron chi connectivity index (χ0n) is 13.0. The van der Waals surface area contributed by atoms with Crippen LogP contribution in [0, 0.1) is 5.82 Å². The quantitative estimate of drug-likeness (QED) is 0.780. The number of ether oxygens (including phenoxy) is 1. The molecule has 0 radical (unpaired) electrons. The van der Waals surface area contributed by atoms with Crippen LogP contribution in [0.2, 0.25) is 0 Å². The second-order valence-electron chi connectivity index (χ2n) is 5.05. The van der Waals surface area contributed by atoms with Gasteiger partial charge in [-0.2, -0.15) is 0 Å². The Hall–Kier alpha value is -3.15. The van der Waals surface area contributed by atoms with E-state index in [1.54, 1.807) is 48.5 Å².